The molecule has 1 radical (unpaired) electrons. The molecule has 4 heavy (non-hydrogen) atoms. The van der Waals surface area contributed by atoms with Crippen LogP contribution in [0.4, 0.5) is 0 Å². The normalized spacial score (nSPS) is 3.50. The molecular weight excluding hydrogens is 193 g/mol. The molecule has 0 aliphatic heterocycles. The second-order valence-electron chi connectivity index (χ2n) is 0.115. The first kappa shape index (κ1) is 9.01. The van der Waals surface area contributed by atoms with Crippen molar-refractivity contribution in [3.8, 4) is 0 Å². The summed E-state index contributed by atoms with van der Waals surface area (Å²) >= 11 is 0. The Morgan fingerprint density at radius 1 is 1.25 bits per heavy atom. The van der Waals surface area contributed by atoms with Crippen LogP contribution >= 0.6 is 0 Å². The summed E-state index contributed by atoms with van der Waals surface area (Å²) < 4.78 is 0. The van der Waals surface area contributed by atoms with Gasteiger partial charge in [0.15, 0.2) is 0 Å². The number of rotatable bonds is 0. The van der Waals surface area contributed by atoms with E-state index >= 15 is 0 Å². The summed E-state index contributed by atoms with van der Waals surface area (Å²) in [7, 11) is 0. The van der Waals surface area contributed by atoms with Crippen molar-refractivity contribution in [2.24, 2.45) is 0 Å². The molecule has 0 rings (SSSR count). The van der Waals surface area contributed by atoms with Gasteiger partial charge in [-0.25, -0.2) is 0 Å². The molecule has 0 aromatic carbocycles. The van der Waals surface area contributed by atoms with Crippen LogP contribution in [0.15, 0.2) is 0 Å². The Morgan fingerprint density at radius 2 is 1.25 bits per heavy atom. The maximum atomic E-state index is 7.00. The van der Waals surface area contributed by atoms with Gasteiger partial charge in [-0.05, 0) is 0 Å². The van der Waals surface area contributed by atoms with Crippen molar-refractivity contribution in [2.45, 2.75) is 0 Å². The Labute approximate surface area is 57.6 Å². The molecule has 0 atom stereocenters. The van der Waals surface area contributed by atoms with E-state index in [9.17, 15) is 0 Å². The fraction of sp³-hybridized carbons (Fsp3) is 0. The van der Waals surface area contributed by atoms with Crippen LogP contribution in [0.5, 0.6) is 0 Å². The summed E-state index contributed by atoms with van der Waals surface area (Å²) in [6.07, 6.45) is 0. The average Bonchev–Trinajstić information content (AvgIpc) is 0.918. The van der Waals surface area contributed by atoms with Gasteiger partial charge in [-0.3, -0.25) is 0 Å². The van der Waals surface area contributed by atoms with Gasteiger partial charge in [0, 0.05) is 40.4 Å². The molecule has 0 heterocycles. The van der Waals surface area contributed by atoms with Crippen LogP contribution in [-0.4, -0.2) is 17.7 Å². The van der Waals surface area contributed by atoms with Crippen LogP contribution in [-0.2, 0) is 0 Å². The molecule has 0 unspecified atom stereocenters. The number of hydrogen-bond acceptors (Lipinski definition) is 2. The van der Waals surface area contributed by atoms with Crippen LogP contribution < -0.4 is 0 Å². The molecule has 2 nitrogen and oxygen atoms in total. The van der Waals surface area contributed by atoms with Gasteiger partial charge in [-0.2, -0.15) is 0 Å². The van der Waals surface area contributed by atoms with Gasteiger partial charge in [0.05, 0.1) is 0 Å². The van der Waals surface area contributed by atoms with Crippen molar-refractivity contribution in [3.05, 3.63) is 0 Å². The average molecular weight is 195 g/mol. The Balaban J connectivity index is 0. The molecule has 0 bridgehead atoms. The second-order valence-corrected chi connectivity index (χ2v) is 0.115. The van der Waals surface area contributed by atoms with E-state index in [1.54, 1.807) is 0 Å². The SMILES string of the molecule is O[B]O.[Sm]. The zero-order chi connectivity index (χ0) is 2.71. The molecule has 0 amide bonds. The fourth-order valence-electron chi connectivity index (χ4n) is 0. The summed E-state index contributed by atoms with van der Waals surface area (Å²) in [5.74, 6) is 0. The van der Waals surface area contributed by atoms with Crippen LogP contribution in [0.1, 0.15) is 0 Å². The van der Waals surface area contributed by atoms with Crippen molar-refractivity contribution in [2.75, 3.05) is 0 Å². The van der Waals surface area contributed by atoms with Crippen LogP contribution in [0, 0.1) is 40.4 Å². The first-order valence-electron chi connectivity index (χ1n) is 0.516. The largest absolute Gasteiger partial charge is 0.482 e. The van der Waals surface area contributed by atoms with Crippen molar-refractivity contribution < 1.29 is 50.4 Å². The van der Waals surface area contributed by atoms with E-state index in [2.05, 4.69) is 0 Å². The topological polar surface area (TPSA) is 40.5 Å². The first-order valence-corrected chi connectivity index (χ1v) is 0.516. The first-order chi connectivity index (χ1) is 1.41. The van der Waals surface area contributed by atoms with E-state index in [1.165, 1.54) is 0 Å². The van der Waals surface area contributed by atoms with Gasteiger partial charge in [0.1, 0.15) is 0 Å². The second kappa shape index (κ2) is 8.85. The zero-order valence-electron chi connectivity index (χ0n) is 1.88. The predicted molar refractivity (Wildman–Crippen MR) is 10.2 cm³/mol. The molecule has 0 aromatic rings. The molecule has 0 aliphatic rings. The van der Waals surface area contributed by atoms with E-state index in [4.69, 9.17) is 10.0 Å². The van der Waals surface area contributed by atoms with Gasteiger partial charge in [-0.1, -0.05) is 0 Å². The fourth-order valence-corrected chi connectivity index (χ4v) is 0. The van der Waals surface area contributed by atoms with E-state index in [0.717, 1.165) is 0 Å². The molecule has 2 N–H and O–H groups in total. The molecular formula is H2BO2Sm. The van der Waals surface area contributed by atoms with Gasteiger partial charge in [0.25, 0.3) is 0 Å². The number of hydrogen-bond donors (Lipinski definition) is 2. The Morgan fingerprint density at radius 3 is 1.25 bits per heavy atom. The minimum absolute atomic E-state index is 0. The maximum absolute atomic E-state index is 7.00. The third-order valence-electron chi connectivity index (χ3n) is 0. The minimum atomic E-state index is 0. The van der Waals surface area contributed by atoms with Gasteiger partial charge < -0.3 is 10.0 Å². The molecule has 23 valence electrons. The maximum Gasteiger partial charge on any atom is 0.482 e. The van der Waals surface area contributed by atoms with Gasteiger partial charge >= 0.3 is 7.69 Å². The molecule has 0 aliphatic carbocycles. The minimum Gasteiger partial charge on any atom is -0.429 e. The van der Waals surface area contributed by atoms with Gasteiger partial charge in [0.2, 0.25) is 0 Å². The van der Waals surface area contributed by atoms with Gasteiger partial charge in [-0.15, -0.1) is 0 Å². The standard InChI is InChI=1S/BH2O2.Sm/c2-1-3;/h2-3H;. The predicted octanol–water partition coefficient (Wildman–Crippen LogP) is -1.49. The molecule has 4 heteroatoms. The quantitative estimate of drug-likeness (QED) is 0.462. The van der Waals surface area contributed by atoms with E-state index < -0.39 is 0 Å². The third kappa shape index (κ3) is 10.2. The monoisotopic (exact) mass is 197 g/mol. The molecule has 0 saturated heterocycles. The molecule has 0 spiro atoms. The van der Waals surface area contributed by atoms with E-state index in [1.807, 2.05) is 0 Å². The van der Waals surface area contributed by atoms with Crippen LogP contribution in [0.2, 0.25) is 0 Å². The van der Waals surface area contributed by atoms with Crippen molar-refractivity contribution in [3.63, 3.8) is 0 Å². The van der Waals surface area contributed by atoms with Crippen molar-refractivity contribution >= 4 is 7.69 Å². The zero-order valence-corrected chi connectivity index (χ0v) is 4.50. The van der Waals surface area contributed by atoms with Crippen molar-refractivity contribution in [1.82, 2.24) is 0 Å². The molecule has 0 aromatic heterocycles. The summed E-state index contributed by atoms with van der Waals surface area (Å²) in [5.41, 5.74) is 0. The molecule has 0 saturated carbocycles. The van der Waals surface area contributed by atoms with E-state index in [0.29, 0.717) is 0 Å². The Hall–Kier alpha value is 1.32. The Bertz CT molecular complexity index is 6.00. The third-order valence-corrected chi connectivity index (χ3v) is 0. The summed E-state index contributed by atoms with van der Waals surface area (Å²) in [6.45, 7) is 0. The smallest absolute Gasteiger partial charge is 0.429 e. The Kier molecular flexibility index (Phi) is 19.9. The van der Waals surface area contributed by atoms with Crippen LogP contribution in [0.25, 0.3) is 0 Å². The van der Waals surface area contributed by atoms with Crippen molar-refractivity contribution in [1.29, 1.82) is 0 Å². The summed E-state index contributed by atoms with van der Waals surface area (Å²) in [6, 6.07) is 0. The van der Waals surface area contributed by atoms with Crippen LogP contribution in [0.3, 0.4) is 0 Å². The summed E-state index contributed by atoms with van der Waals surface area (Å²) in [5, 5.41) is 14.0. The molecule has 0 fully saturated rings. The van der Waals surface area contributed by atoms with E-state index in [-0.39, 0.29) is 48.1 Å². The summed E-state index contributed by atoms with van der Waals surface area (Å²) in [4.78, 5) is 0.